The highest BCUT2D eigenvalue weighted by atomic mass is 35.5. The summed E-state index contributed by atoms with van der Waals surface area (Å²) >= 11 is 6.03. The van der Waals surface area contributed by atoms with Crippen LogP contribution in [-0.4, -0.2) is 30.4 Å². The first-order chi connectivity index (χ1) is 11.1. The van der Waals surface area contributed by atoms with Crippen molar-refractivity contribution < 1.29 is 18.2 Å². The van der Waals surface area contributed by atoms with Gasteiger partial charge in [0, 0.05) is 20.3 Å². The van der Waals surface area contributed by atoms with Crippen LogP contribution < -0.4 is 5.32 Å². The van der Waals surface area contributed by atoms with E-state index in [4.69, 9.17) is 20.8 Å². The zero-order chi connectivity index (χ0) is 16.7. The van der Waals surface area contributed by atoms with E-state index in [-0.39, 0.29) is 17.4 Å². The maximum absolute atomic E-state index is 12.3. The second-order valence-electron chi connectivity index (χ2n) is 4.79. The Balaban J connectivity index is 1.93. The van der Waals surface area contributed by atoms with Crippen LogP contribution in [0.25, 0.3) is 0 Å². The lowest BCUT2D eigenvalue weighted by Crippen LogP contribution is -2.24. The number of nitrogens with one attached hydrogen (secondary N) is 1. The summed E-state index contributed by atoms with van der Waals surface area (Å²) in [5.41, 5.74) is 0. The Morgan fingerprint density at radius 3 is 2.83 bits per heavy atom. The van der Waals surface area contributed by atoms with E-state index in [1.807, 2.05) is 0 Å². The van der Waals surface area contributed by atoms with Crippen LogP contribution in [0.4, 0.5) is 0 Å². The molecule has 0 saturated carbocycles. The maximum atomic E-state index is 12.3. The Morgan fingerprint density at radius 1 is 1.30 bits per heavy atom. The molecule has 0 fully saturated rings. The van der Waals surface area contributed by atoms with Gasteiger partial charge in [-0.15, -0.1) is 0 Å². The molecular formula is C16H18ClNO4S. The predicted molar refractivity (Wildman–Crippen MR) is 89.1 cm³/mol. The number of rotatable bonds is 8. The van der Waals surface area contributed by atoms with E-state index < -0.39 is 10.8 Å². The van der Waals surface area contributed by atoms with E-state index in [1.165, 1.54) is 0 Å². The molecule has 0 saturated heterocycles. The lowest BCUT2D eigenvalue weighted by atomic mass is 10.4. The molecule has 1 aromatic carbocycles. The first-order valence-corrected chi connectivity index (χ1v) is 8.80. The second-order valence-corrected chi connectivity index (χ2v) is 6.62. The molecule has 0 aliphatic heterocycles. The smallest absolute Gasteiger partial charge is 0.286 e. The lowest BCUT2D eigenvalue weighted by molar-refractivity contribution is 0.0919. The molecule has 124 valence electrons. The minimum Gasteiger partial charge on any atom is -0.455 e. The number of hydrogen-bond donors (Lipinski definition) is 1. The summed E-state index contributed by atoms with van der Waals surface area (Å²) in [5.74, 6) is 0.551. The van der Waals surface area contributed by atoms with Crippen molar-refractivity contribution >= 4 is 28.3 Å². The van der Waals surface area contributed by atoms with Gasteiger partial charge in [-0.3, -0.25) is 9.00 Å². The third kappa shape index (κ3) is 5.20. The Bertz CT molecular complexity index is 686. The number of methoxy groups -OCH3 is 1. The molecule has 0 spiro atoms. The Kier molecular flexibility index (Phi) is 6.83. The van der Waals surface area contributed by atoms with Crippen molar-refractivity contribution in [2.75, 3.05) is 20.3 Å². The number of halogens is 1. The summed E-state index contributed by atoms with van der Waals surface area (Å²) in [5, 5.41) is 3.18. The van der Waals surface area contributed by atoms with Crippen LogP contribution >= 0.6 is 11.6 Å². The number of carbonyl (C=O) groups excluding carboxylic acids is 1. The van der Waals surface area contributed by atoms with Gasteiger partial charge in [0.2, 0.25) is 0 Å². The van der Waals surface area contributed by atoms with E-state index in [9.17, 15) is 9.00 Å². The molecule has 1 N–H and O–H groups in total. The Hall–Kier alpha value is -1.63. The fourth-order valence-corrected chi connectivity index (χ4v) is 3.40. The summed E-state index contributed by atoms with van der Waals surface area (Å²) in [4.78, 5) is 12.4. The van der Waals surface area contributed by atoms with Gasteiger partial charge in [-0.25, -0.2) is 0 Å². The molecular weight excluding hydrogens is 338 g/mol. The van der Waals surface area contributed by atoms with E-state index in [0.29, 0.717) is 28.8 Å². The van der Waals surface area contributed by atoms with Crippen molar-refractivity contribution in [1.29, 1.82) is 0 Å². The minimum absolute atomic E-state index is 0.167. The largest absolute Gasteiger partial charge is 0.455 e. The normalized spacial score (nSPS) is 12.1. The Morgan fingerprint density at radius 2 is 2.09 bits per heavy atom. The topological polar surface area (TPSA) is 68.5 Å². The molecule has 1 unspecified atom stereocenters. The number of amides is 1. The predicted octanol–water partition coefficient (Wildman–Crippen LogP) is 3.01. The highest BCUT2D eigenvalue weighted by molar-refractivity contribution is 7.84. The van der Waals surface area contributed by atoms with Crippen molar-refractivity contribution in [1.82, 2.24) is 5.32 Å². The van der Waals surface area contributed by atoms with E-state index >= 15 is 0 Å². The SMILES string of the molecule is COCCCNC(=O)c1ccc(CS(=O)c2ccccc2Cl)o1. The van der Waals surface area contributed by atoms with Crippen molar-refractivity contribution in [3.63, 3.8) is 0 Å². The minimum atomic E-state index is -1.33. The molecule has 0 bridgehead atoms. The average Bonchev–Trinajstić information content (AvgIpc) is 3.00. The van der Waals surface area contributed by atoms with Crippen LogP contribution in [0.3, 0.4) is 0 Å². The zero-order valence-electron chi connectivity index (χ0n) is 12.7. The van der Waals surface area contributed by atoms with Crippen molar-refractivity contribution in [3.8, 4) is 0 Å². The molecule has 1 aromatic heterocycles. The van der Waals surface area contributed by atoms with Crippen LogP contribution in [0.2, 0.25) is 5.02 Å². The Labute approximate surface area is 142 Å². The standard InChI is InChI=1S/C16H18ClNO4S/c1-21-10-4-9-18-16(19)14-8-7-12(22-14)11-23(20)15-6-3-2-5-13(15)17/h2-3,5-8H,4,9-11H2,1H3,(H,18,19). The molecule has 0 aliphatic rings. The number of hydrogen-bond acceptors (Lipinski definition) is 4. The number of furan rings is 1. The average molecular weight is 356 g/mol. The molecule has 23 heavy (non-hydrogen) atoms. The molecule has 7 heteroatoms. The van der Waals surface area contributed by atoms with E-state index in [2.05, 4.69) is 5.32 Å². The first-order valence-electron chi connectivity index (χ1n) is 7.10. The van der Waals surface area contributed by atoms with Gasteiger partial charge >= 0.3 is 0 Å². The van der Waals surface area contributed by atoms with Crippen molar-refractivity contribution in [3.05, 3.63) is 52.9 Å². The molecule has 1 amide bonds. The maximum Gasteiger partial charge on any atom is 0.286 e. The number of carbonyl (C=O) groups is 1. The number of ether oxygens (including phenoxy) is 1. The van der Waals surface area contributed by atoms with Crippen LogP contribution in [0.1, 0.15) is 22.7 Å². The van der Waals surface area contributed by atoms with E-state index in [0.717, 1.165) is 6.42 Å². The van der Waals surface area contributed by atoms with Gasteiger partial charge in [0.15, 0.2) is 5.76 Å². The van der Waals surface area contributed by atoms with E-state index in [1.54, 1.807) is 43.5 Å². The van der Waals surface area contributed by atoms with Crippen molar-refractivity contribution in [2.24, 2.45) is 0 Å². The van der Waals surface area contributed by atoms with Crippen molar-refractivity contribution in [2.45, 2.75) is 17.1 Å². The monoisotopic (exact) mass is 355 g/mol. The van der Waals surface area contributed by atoms with Gasteiger partial charge in [0.05, 0.1) is 26.5 Å². The molecule has 0 aliphatic carbocycles. The summed E-state index contributed by atoms with van der Waals surface area (Å²) in [6, 6.07) is 10.2. The highest BCUT2D eigenvalue weighted by Crippen LogP contribution is 2.22. The van der Waals surface area contributed by atoms with Crippen LogP contribution in [0, 0.1) is 0 Å². The molecule has 1 atom stereocenters. The third-order valence-electron chi connectivity index (χ3n) is 3.05. The van der Waals surface area contributed by atoms with Crippen LogP contribution in [0.5, 0.6) is 0 Å². The van der Waals surface area contributed by atoms with Gasteiger partial charge < -0.3 is 14.5 Å². The summed E-state index contributed by atoms with van der Waals surface area (Å²) in [6.07, 6.45) is 0.729. The quantitative estimate of drug-likeness (QED) is 0.739. The van der Waals surface area contributed by atoms with Gasteiger partial charge in [0.1, 0.15) is 5.76 Å². The number of benzene rings is 1. The fourth-order valence-electron chi connectivity index (χ4n) is 1.92. The lowest BCUT2D eigenvalue weighted by Gasteiger charge is -2.03. The molecule has 1 heterocycles. The summed E-state index contributed by atoms with van der Waals surface area (Å²) < 4.78 is 22.7. The molecule has 5 nitrogen and oxygen atoms in total. The molecule has 2 aromatic rings. The van der Waals surface area contributed by atoms with Gasteiger partial charge in [-0.1, -0.05) is 23.7 Å². The summed E-state index contributed by atoms with van der Waals surface area (Å²) in [6.45, 7) is 1.09. The fraction of sp³-hybridized carbons (Fsp3) is 0.312. The van der Waals surface area contributed by atoms with Gasteiger partial charge in [-0.2, -0.15) is 0 Å². The van der Waals surface area contributed by atoms with Gasteiger partial charge in [0.25, 0.3) is 5.91 Å². The first kappa shape index (κ1) is 17.7. The third-order valence-corrected chi connectivity index (χ3v) is 4.89. The second kappa shape index (κ2) is 8.86. The van der Waals surface area contributed by atoms with Gasteiger partial charge in [-0.05, 0) is 30.7 Å². The molecule has 2 rings (SSSR count). The van der Waals surface area contributed by atoms with Crippen LogP contribution in [-0.2, 0) is 21.3 Å². The summed E-state index contributed by atoms with van der Waals surface area (Å²) in [7, 11) is 0.283. The zero-order valence-corrected chi connectivity index (χ0v) is 14.3. The van der Waals surface area contributed by atoms with Crippen LogP contribution in [0.15, 0.2) is 45.7 Å². The highest BCUT2D eigenvalue weighted by Gasteiger charge is 2.14. The molecule has 0 radical (unpaired) electrons.